The third-order valence-corrected chi connectivity index (χ3v) is 2.13. The van der Waals surface area contributed by atoms with Crippen molar-refractivity contribution < 1.29 is 4.74 Å². The Bertz CT molecular complexity index is 226. The molecule has 68 valence electrons. The van der Waals surface area contributed by atoms with Crippen LogP contribution in [0.3, 0.4) is 0 Å². The summed E-state index contributed by atoms with van der Waals surface area (Å²) in [5.74, 6) is 0.859. The molecule has 1 aromatic rings. The lowest BCUT2D eigenvalue weighted by atomic mass is 10.4. The van der Waals surface area contributed by atoms with Crippen LogP contribution in [0.15, 0.2) is 0 Å². The Balaban J connectivity index is 2.31. The first-order valence-corrected chi connectivity index (χ1v) is 4.72. The molecule has 0 aliphatic carbocycles. The van der Waals surface area contributed by atoms with Crippen molar-refractivity contribution in [2.45, 2.75) is 13.3 Å². The maximum atomic E-state index is 5.18. The standard InChI is InChI=1S/C7H13N3OS/c1-3-11-5-4-6-9-7(8-2)12-10-6/h3-5H2,1-2H3,(H,8,9,10). The van der Waals surface area contributed by atoms with Crippen LogP contribution in [-0.2, 0) is 11.2 Å². The molecule has 0 fully saturated rings. The molecule has 0 amide bonds. The van der Waals surface area contributed by atoms with Gasteiger partial charge in [0.2, 0.25) is 5.13 Å². The summed E-state index contributed by atoms with van der Waals surface area (Å²) in [7, 11) is 1.84. The van der Waals surface area contributed by atoms with E-state index in [0.29, 0.717) is 6.61 Å². The van der Waals surface area contributed by atoms with E-state index in [9.17, 15) is 0 Å². The maximum Gasteiger partial charge on any atom is 0.202 e. The van der Waals surface area contributed by atoms with Crippen molar-refractivity contribution in [3.63, 3.8) is 0 Å². The Morgan fingerprint density at radius 1 is 1.58 bits per heavy atom. The number of anilines is 1. The number of nitrogens with zero attached hydrogens (tertiary/aromatic N) is 2. The maximum absolute atomic E-state index is 5.18. The van der Waals surface area contributed by atoms with E-state index < -0.39 is 0 Å². The van der Waals surface area contributed by atoms with Gasteiger partial charge in [0.1, 0.15) is 5.82 Å². The van der Waals surface area contributed by atoms with Crippen LogP contribution < -0.4 is 5.32 Å². The van der Waals surface area contributed by atoms with Crippen molar-refractivity contribution in [2.24, 2.45) is 0 Å². The Kier molecular flexibility index (Phi) is 3.96. The molecule has 0 radical (unpaired) electrons. The van der Waals surface area contributed by atoms with E-state index in [-0.39, 0.29) is 0 Å². The minimum atomic E-state index is 0.705. The van der Waals surface area contributed by atoms with Gasteiger partial charge in [0.05, 0.1) is 6.61 Å². The van der Waals surface area contributed by atoms with Crippen LogP contribution in [0.1, 0.15) is 12.7 Å². The fourth-order valence-electron chi connectivity index (χ4n) is 0.765. The summed E-state index contributed by atoms with van der Waals surface area (Å²) < 4.78 is 9.33. The summed E-state index contributed by atoms with van der Waals surface area (Å²) in [5, 5.41) is 3.80. The van der Waals surface area contributed by atoms with Gasteiger partial charge in [-0.3, -0.25) is 0 Å². The molecule has 1 heterocycles. The summed E-state index contributed by atoms with van der Waals surface area (Å²) in [6.07, 6.45) is 0.798. The topological polar surface area (TPSA) is 47.0 Å². The van der Waals surface area contributed by atoms with Gasteiger partial charge >= 0.3 is 0 Å². The number of nitrogens with one attached hydrogen (secondary N) is 1. The Labute approximate surface area is 76.1 Å². The number of aromatic nitrogens is 2. The van der Waals surface area contributed by atoms with Crippen LogP contribution >= 0.6 is 11.5 Å². The molecule has 0 aliphatic rings. The van der Waals surface area contributed by atoms with E-state index in [2.05, 4.69) is 14.7 Å². The molecule has 0 atom stereocenters. The van der Waals surface area contributed by atoms with Gasteiger partial charge in [0.25, 0.3) is 0 Å². The normalized spacial score (nSPS) is 10.2. The summed E-state index contributed by atoms with van der Waals surface area (Å²) in [6, 6.07) is 0. The highest BCUT2D eigenvalue weighted by molar-refractivity contribution is 7.09. The van der Waals surface area contributed by atoms with Crippen molar-refractivity contribution in [3.05, 3.63) is 5.82 Å². The third kappa shape index (κ3) is 2.75. The predicted octanol–water partition coefficient (Wildman–Crippen LogP) is 1.16. The zero-order valence-corrected chi connectivity index (χ0v) is 8.15. The van der Waals surface area contributed by atoms with Crippen molar-refractivity contribution >= 4 is 16.7 Å². The van der Waals surface area contributed by atoms with Gasteiger partial charge in [-0.1, -0.05) is 0 Å². The van der Waals surface area contributed by atoms with Crippen LogP contribution in [0.25, 0.3) is 0 Å². The number of hydrogen-bond acceptors (Lipinski definition) is 5. The zero-order valence-electron chi connectivity index (χ0n) is 7.33. The summed E-state index contributed by atoms with van der Waals surface area (Å²) in [5.41, 5.74) is 0. The van der Waals surface area contributed by atoms with E-state index in [1.807, 2.05) is 14.0 Å². The van der Waals surface area contributed by atoms with E-state index in [4.69, 9.17) is 4.74 Å². The summed E-state index contributed by atoms with van der Waals surface area (Å²) in [4.78, 5) is 4.22. The average Bonchev–Trinajstić information content (AvgIpc) is 2.53. The highest BCUT2D eigenvalue weighted by Crippen LogP contribution is 2.09. The first kappa shape index (κ1) is 9.41. The van der Waals surface area contributed by atoms with E-state index in [0.717, 1.165) is 24.0 Å². The number of ether oxygens (including phenoxy) is 1. The molecule has 0 saturated heterocycles. The predicted molar refractivity (Wildman–Crippen MR) is 49.7 cm³/mol. The molecular weight excluding hydrogens is 174 g/mol. The van der Waals surface area contributed by atoms with Gasteiger partial charge in [0, 0.05) is 31.6 Å². The lowest BCUT2D eigenvalue weighted by Crippen LogP contribution is -1.99. The van der Waals surface area contributed by atoms with Gasteiger partial charge in [-0.05, 0) is 6.92 Å². The van der Waals surface area contributed by atoms with E-state index in [1.165, 1.54) is 11.5 Å². The van der Waals surface area contributed by atoms with Crippen molar-refractivity contribution in [3.8, 4) is 0 Å². The SMILES string of the molecule is CCOCCc1nsc(NC)n1. The summed E-state index contributed by atoms with van der Waals surface area (Å²) in [6.45, 7) is 3.44. The van der Waals surface area contributed by atoms with Crippen LogP contribution in [0, 0.1) is 0 Å². The lowest BCUT2D eigenvalue weighted by Gasteiger charge is -1.95. The van der Waals surface area contributed by atoms with E-state index >= 15 is 0 Å². The second kappa shape index (κ2) is 5.05. The molecule has 1 N–H and O–H groups in total. The molecule has 5 heteroatoms. The first-order chi connectivity index (χ1) is 5.86. The smallest absolute Gasteiger partial charge is 0.202 e. The van der Waals surface area contributed by atoms with Crippen LogP contribution in [-0.4, -0.2) is 29.6 Å². The van der Waals surface area contributed by atoms with Gasteiger partial charge in [-0.25, -0.2) is 4.98 Å². The van der Waals surface area contributed by atoms with Crippen molar-refractivity contribution in [1.29, 1.82) is 0 Å². The van der Waals surface area contributed by atoms with Gasteiger partial charge in [-0.15, -0.1) is 0 Å². The van der Waals surface area contributed by atoms with Crippen molar-refractivity contribution in [1.82, 2.24) is 9.36 Å². The molecule has 0 aliphatic heterocycles. The van der Waals surface area contributed by atoms with Gasteiger partial charge in [-0.2, -0.15) is 4.37 Å². The minimum absolute atomic E-state index is 0.705. The molecule has 0 spiro atoms. The molecule has 1 rings (SSSR count). The highest BCUT2D eigenvalue weighted by Gasteiger charge is 2.00. The molecule has 1 aromatic heterocycles. The monoisotopic (exact) mass is 187 g/mol. The van der Waals surface area contributed by atoms with Crippen LogP contribution in [0.5, 0.6) is 0 Å². The Hall–Kier alpha value is -0.680. The summed E-state index contributed by atoms with van der Waals surface area (Å²) >= 11 is 1.38. The molecule has 0 bridgehead atoms. The largest absolute Gasteiger partial charge is 0.381 e. The number of hydrogen-bond donors (Lipinski definition) is 1. The second-order valence-corrected chi connectivity index (χ2v) is 2.96. The molecular formula is C7H13N3OS. The first-order valence-electron chi connectivity index (χ1n) is 3.95. The number of rotatable bonds is 5. The van der Waals surface area contributed by atoms with Crippen LogP contribution in [0.4, 0.5) is 5.13 Å². The van der Waals surface area contributed by atoms with Gasteiger partial charge < -0.3 is 10.1 Å². The quantitative estimate of drug-likeness (QED) is 0.703. The average molecular weight is 187 g/mol. The zero-order chi connectivity index (χ0) is 8.81. The second-order valence-electron chi connectivity index (χ2n) is 2.21. The fraction of sp³-hybridized carbons (Fsp3) is 0.714. The lowest BCUT2D eigenvalue weighted by molar-refractivity contribution is 0.150. The Morgan fingerprint density at radius 3 is 3.00 bits per heavy atom. The van der Waals surface area contributed by atoms with Gasteiger partial charge in [0.15, 0.2) is 0 Å². The van der Waals surface area contributed by atoms with Crippen LogP contribution in [0.2, 0.25) is 0 Å². The molecule has 4 nitrogen and oxygen atoms in total. The fourth-order valence-corrected chi connectivity index (χ4v) is 1.33. The molecule has 0 aromatic carbocycles. The third-order valence-electron chi connectivity index (χ3n) is 1.36. The highest BCUT2D eigenvalue weighted by atomic mass is 32.1. The minimum Gasteiger partial charge on any atom is -0.381 e. The Morgan fingerprint density at radius 2 is 2.42 bits per heavy atom. The molecule has 0 unspecified atom stereocenters. The molecule has 12 heavy (non-hydrogen) atoms. The van der Waals surface area contributed by atoms with Crippen molar-refractivity contribution in [2.75, 3.05) is 25.6 Å². The molecule has 0 saturated carbocycles. The van der Waals surface area contributed by atoms with E-state index in [1.54, 1.807) is 0 Å².